The van der Waals surface area contributed by atoms with E-state index in [1.165, 1.54) is 6.07 Å². The number of nitrogens with one attached hydrogen (secondary N) is 2. The molecule has 5 heteroatoms. The summed E-state index contributed by atoms with van der Waals surface area (Å²) in [5.74, 6) is -0.138. The minimum absolute atomic E-state index is 0.0342. The van der Waals surface area contributed by atoms with E-state index in [-0.39, 0.29) is 17.8 Å². The molecule has 0 atom stereocenters. The van der Waals surface area contributed by atoms with E-state index >= 15 is 0 Å². The Morgan fingerprint density at radius 1 is 1.07 bits per heavy atom. The normalized spacial score (nSPS) is 16.9. The first kappa shape index (κ1) is 19.4. The van der Waals surface area contributed by atoms with E-state index in [1.54, 1.807) is 6.07 Å². The number of anilines is 1. The van der Waals surface area contributed by atoms with Crippen LogP contribution in [0.4, 0.5) is 10.1 Å². The zero-order valence-electron chi connectivity index (χ0n) is 16.0. The molecule has 0 bridgehead atoms. The van der Waals surface area contributed by atoms with Crippen LogP contribution < -0.4 is 10.6 Å². The summed E-state index contributed by atoms with van der Waals surface area (Å²) in [6, 6.07) is 16.8. The number of carbonyl (C=O) groups is 1. The Labute approximate surface area is 160 Å². The number of halogens is 1. The molecule has 1 aliphatic rings. The number of benzene rings is 2. The second-order valence-corrected chi connectivity index (χ2v) is 7.57. The molecular weight excluding hydrogens is 341 g/mol. The molecule has 144 valence electrons. The summed E-state index contributed by atoms with van der Waals surface area (Å²) in [6.07, 6.45) is 1.35. The third kappa shape index (κ3) is 4.86. The van der Waals surface area contributed by atoms with Gasteiger partial charge in [0.1, 0.15) is 11.4 Å². The number of amides is 1. The van der Waals surface area contributed by atoms with E-state index in [4.69, 9.17) is 0 Å². The molecule has 27 heavy (non-hydrogen) atoms. The molecular formula is C22H28FN3O. The van der Waals surface area contributed by atoms with Crippen LogP contribution in [0.3, 0.4) is 0 Å². The second-order valence-electron chi connectivity index (χ2n) is 7.57. The predicted molar refractivity (Wildman–Crippen MR) is 107 cm³/mol. The lowest BCUT2D eigenvalue weighted by Crippen LogP contribution is -2.59. The highest BCUT2D eigenvalue weighted by Crippen LogP contribution is 2.29. The lowest BCUT2D eigenvalue weighted by atomic mass is 9.85. The van der Waals surface area contributed by atoms with Crippen molar-refractivity contribution in [1.82, 2.24) is 10.2 Å². The van der Waals surface area contributed by atoms with Gasteiger partial charge in [-0.2, -0.15) is 0 Å². The lowest BCUT2D eigenvalue weighted by molar-refractivity contribution is -0.127. The third-order valence-electron chi connectivity index (χ3n) is 5.07. The van der Waals surface area contributed by atoms with Crippen molar-refractivity contribution < 1.29 is 9.18 Å². The van der Waals surface area contributed by atoms with Crippen molar-refractivity contribution in [2.24, 2.45) is 0 Å². The fourth-order valence-corrected chi connectivity index (χ4v) is 3.57. The lowest BCUT2D eigenvalue weighted by Gasteiger charge is -2.42. The van der Waals surface area contributed by atoms with Gasteiger partial charge in [-0.15, -0.1) is 0 Å². The van der Waals surface area contributed by atoms with E-state index in [9.17, 15) is 9.18 Å². The zero-order chi connectivity index (χ0) is 19.3. The Balaban J connectivity index is 1.72. The minimum atomic E-state index is -0.642. The fraction of sp³-hybridized carbons (Fsp3) is 0.409. The molecule has 1 amide bonds. The van der Waals surface area contributed by atoms with Gasteiger partial charge in [0.2, 0.25) is 5.91 Å². The molecule has 1 saturated heterocycles. The van der Waals surface area contributed by atoms with Crippen LogP contribution in [0.25, 0.3) is 0 Å². The average molecular weight is 369 g/mol. The molecule has 0 aliphatic carbocycles. The van der Waals surface area contributed by atoms with Crippen LogP contribution in [0.2, 0.25) is 0 Å². The summed E-state index contributed by atoms with van der Waals surface area (Å²) in [7, 11) is 0. The van der Waals surface area contributed by atoms with Crippen LogP contribution >= 0.6 is 0 Å². The summed E-state index contributed by atoms with van der Waals surface area (Å²) in [6.45, 7) is 5.99. The first-order valence-corrected chi connectivity index (χ1v) is 9.58. The van der Waals surface area contributed by atoms with Crippen molar-refractivity contribution in [3.8, 4) is 0 Å². The van der Waals surface area contributed by atoms with Crippen LogP contribution in [-0.4, -0.2) is 35.5 Å². The molecule has 2 N–H and O–H groups in total. The van der Waals surface area contributed by atoms with Crippen molar-refractivity contribution >= 4 is 11.6 Å². The molecule has 0 radical (unpaired) electrons. The second kappa shape index (κ2) is 8.53. The van der Waals surface area contributed by atoms with Crippen molar-refractivity contribution in [2.75, 3.05) is 18.4 Å². The van der Waals surface area contributed by atoms with E-state index in [1.807, 2.05) is 56.3 Å². The van der Waals surface area contributed by atoms with Gasteiger partial charge < -0.3 is 10.6 Å². The largest absolute Gasteiger partial charge is 0.371 e. The molecule has 2 aromatic carbocycles. The Bertz CT molecular complexity index is 755. The maximum Gasteiger partial charge on any atom is 0.245 e. The number of nitrogens with zero attached hydrogens (tertiary/aromatic N) is 1. The van der Waals surface area contributed by atoms with Crippen LogP contribution in [0.15, 0.2) is 54.6 Å². The van der Waals surface area contributed by atoms with Gasteiger partial charge in [0.15, 0.2) is 0 Å². The Morgan fingerprint density at radius 2 is 1.70 bits per heavy atom. The summed E-state index contributed by atoms with van der Waals surface area (Å²) >= 11 is 0. The highest BCUT2D eigenvalue weighted by atomic mass is 19.1. The Kier molecular flexibility index (Phi) is 6.11. The molecule has 0 spiro atoms. The maximum atomic E-state index is 14.0. The molecule has 1 heterocycles. The fourth-order valence-electron chi connectivity index (χ4n) is 3.57. The van der Waals surface area contributed by atoms with Crippen LogP contribution in [0.1, 0.15) is 32.3 Å². The van der Waals surface area contributed by atoms with E-state index in [2.05, 4.69) is 15.5 Å². The van der Waals surface area contributed by atoms with E-state index in [0.29, 0.717) is 24.9 Å². The average Bonchev–Trinajstić information content (AvgIpc) is 2.65. The van der Waals surface area contributed by atoms with Crippen LogP contribution in [0, 0.1) is 5.82 Å². The first-order chi connectivity index (χ1) is 13.0. The third-order valence-corrected chi connectivity index (χ3v) is 5.07. The zero-order valence-corrected chi connectivity index (χ0v) is 16.0. The summed E-state index contributed by atoms with van der Waals surface area (Å²) < 4.78 is 14.0. The number of piperidine rings is 1. The van der Waals surface area contributed by atoms with Gasteiger partial charge in [0.25, 0.3) is 0 Å². The number of likely N-dealkylation sites (tertiary alicyclic amines) is 1. The summed E-state index contributed by atoms with van der Waals surface area (Å²) in [5.41, 5.74) is 1.00. The molecule has 4 nitrogen and oxygen atoms in total. The standard InChI is InChI=1S/C22H28FN3O/c1-17(2)24-21(27)22(25-19-9-4-3-5-10-19)12-14-26(15-13-22)16-18-8-6-7-11-20(18)23/h3-11,17,25H,12-16H2,1-2H3,(H,24,27). The van der Waals surface area contributed by atoms with Gasteiger partial charge in [0.05, 0.1) is 0 Å². The van der Waals surface area contributed by atoms with Crippen LogP contribution in [0.5, 0.6) is 0 Å². The predicted octanol–water partition coefficient (Wildman–Crippen LogP) is 3.80. The quantitative estimate of drug-likeness (QED) is 0.814. The Hall–Kier alpha value is -2.40. The molecule has 3 rings (SSSR count). The monoisotopic (exact) mass is 369 g/mol. The Morgan fingerprint density at radius 3 is 2.33 bits per heavy atom. The van der Waals surface area contributed by atoms with Gasteiger partial charge in [-0.05, 0) is 44.9 Å². The smallest absolute Gasteiger partial charge is 0.245 e. The van der Waals surface area contributed by atoms with Gasteiger partial charge in [-0.25, -0.2) is 4.39 Å². The van der Waals surface area contributed by atoms with Gasteiger partial charge in [-0.3, -0.25) is 9.69 Å². The van der Waals surface area contributed by atoms with Crippen molar-refractivity contribution in [1.29, 1.82) is 0 Å². The summed E-state index contributed by atoms with van der Waals surface area (Å²) in [5, 5.41) is 6.55. The highest BCUT2D eigenvalue weighted by Gasteiger charge is 2.41. The highest BCUT2D eigenvalue weighted by molar-refractivity contribution is 5.89. The van der Waals surface area contributed by atoms with E-state index in [0.717, 1.165) is 18.8 Å². The summed E-state index contributed by atoms with van der Waals surface area (Å²) in [4.78, 5) is 15.2. The van der Waals surface area contributed by atoms with Gasteiger partial charge in [-0.1, -0.05) is 36.4 Å². The maximum absolute atomic E-state index is 14.0. The molecule has 0 unspecified atom stereocenters. The number of para-hydroxylation sites is 1. The number of hydrogen-bond donors (Lipinski definition) is 2. The number of hydrogen-bond acceptors (Lipinski definition) is 3. The molecule has 2 aromatic rings. The molecule has 1 fully saturated rings. The topological polar surface area (TPSA) is 44.4 Å². The van der Waals surface area contributed by atoms with Crippen LogP contribution in [-0.2, 0) is 11.3 Å². The number of rotatable bonds is 6. The van der Waals surface area contributed by atoms with Crippen molar-refractivity contribution in [2.45, 2.75) is 44.8 Å². The van der Waals surface area contributed by atoms with Crippen molar-refractivity contribution in [3.05, 3.63) is 66.0 Å². The minimum Gasteiger partial charge on any atom is -0.371 e. The van der Waals surface area contributed by atoms with Gasteiger partial charge >= 0.3 is 0 Å². The SMILES string of the molecule is CC(C)NC(=O)C1(Nc2ccccc2)CCN(Cc2ccccc2F)CC1. The number of carbonyl (C=O) groups excluding carboxylic acids is 1. The van der Waals surface area contributed by atoms with Crippen molar-refractivity contribution in [3.63, 3.8) is 0 Å². The molecule has 0 saturated carbocycles. The van der Waals surface area contributed by atoms with E-state index < -0.39 is 5.54 Å². The first-order valence-electron chi connectivity index (χ1n) is 9.58. The molecule has 1 aliphatic heterocycles. The van der Waals surface area contributed by atoms with Gasteiger partial charge in [0, 0.05) is 36.9 Å². The molecule has 0 aromatic heterocycles.